The van der Waals surface area contributed by atoms with Crippen molar-refractivity contribution in [2.24, 2.45) is 17.8 Å². The summed E-state index contributed by atoms with van der Waals surface area (Å²) in [6.07, 6.45) is -0.220. The molecule has 164 valence electrons. The van der Waals surface area contributed by atoms with Crippen LogP contribution in [-0.2, 0) is 28.8 Å². The Morgan fingerprint density at radius 3 is 2.07 bits per heavy atom. The Hall–Kier alpha value is -0.320. The third kappa shape index (κ3) is 7.50. The van der Waals surface area contributed by atoms with Crippen LogP contribution in [0.1, 0.15) is 40.5 Å². The first-order valence-corrected chi connectivity index (χ1v) is 11.3. The van der Waals surface area contributed by atoms with Crippen molar-refractivity contribution in [1.82, 2.24) is 4.31 Å². The highest BCUT2D eigenvalue weighted by Gasteiger charge is 2.58. The van der Waals surface area contributed by atoms with Crippen LogP contribution in [0, 0.1) is 17.8 Å². The van der Waals surface area contributed by atoms with E-state index in [4.69, 9.17) is 43.7 Å². The highest BCUT2D eigenvalue weighted by molar-refractivity contribution is 7.84. The Morgan fingerprint density at radius 2 is 1.68 bits per heavy atom. The van der Waals surface area contributed by atoms with Crippen molar-refractivity contribution in [2.45, 2.75) is 62.5 Å². The number of carboxylic acid groups (broad SMARTS) is 1. The molecule has 0 spiro atoms. The summed E-state index contributed by atoms with van der Waals surface area (Å²) in [5, 5.41) is 9.44. The lowest BCUT2D eigenvalue weighted by Gasteiger charge is -2.19. The first-order valence-electron chi connectivity index (χ1n) is 8.77. The molecule has 0 amide bonds. The predicted molar refractivity (Wildman–Crippen MR) is 106 cm³/mol. The van der Waals surface area contributed by atoms with E-state index in [0.717, 1.165) is 4.31 Å². The Labute approximate surface area is 180 Å². The molecule has 2 unspecified atom stereocenters. The molecule has 8 nitrogen and oxygen atoms in total. The molecule has 0 saturated carbocycles. The predicted octanol–water partition coefficient (Wildman–Crippen LogP) is 3.01. The van der Waals surface area contributed by atoms with Gasteiger partial charge in [0, 0.05) is 18.5 Å². The maximum absolute atomic E-state index is 12.6. The van der Waals surface area contributed by atoms with Gasteiger partial charge in [0.25, 0.3) is 6.47 Å². The van der Waals surface area contributed by atoms with E-state index in [2.05, 4.69) is 0 Å². The van der Waals surface area contributed by atoms with Crippen LogP contribution in [0.25, 0.3) is 0 Å². The average Bonchev–Trinajstić information content (AvgIpc) is 3.22. The van der Waals surface area contributed by atoms with Crippen LogP contribution >= 0.6 is 34.8 Å². The summed E-state index contributed by atoms with van der Waals surface area (Å²) in [5.74, 6) is -2.01. The number of carbonyl (C=O) groups is 2. The number of nitrogens with zero attached hydrogens (tertiary/aromatic N) is 1. The SMILES string of the molecule is CC(C)[C@H](C[C@H]1C(C[C@@H](C(=O)O)C(C)C)N1S(=O)(=O)OCC(Cl)(Cl)Cl)OC=O. The van der Waals surface area contributed by atoms with E-state index in [1.54, 1.807) is 13.8 Å². The fourth-order valence-electron chi connectivity index (χ4n) is 3.08. The van der Waals surface area contributed by atoms with Crippen LogP contribution in [0.5, 0.6) is 0 Å². The molecule has 1 heterocycles. The van der Waals surface area contributed by atoms with Crippen LogP contribution in [-0.4, -0.2) is 58.9 Å². The number of alkyl halides is 3. The van der Waals surface area contributed by atoms with E-state index < -0.39 is 50.8 Å². The van der Waals surface area contributed by atoms with Gasteiger partial charge >= 0.3 is 16.3 Å². The minimum atomic E-state index is -4.26. The van der Waals surface area contributed by atoms with Gasteiger partial charge in [0.05, 0.1) is 5.92 Å². The van der Waals surface area contributed by atoms with Crippen molar-refractivity contribution in [1.29, 1.82) is 0 Å². The zero-order valence-corrected chi connectivity index (χ0v) is 19.1. The summed E-state index contributed by atoms with van der Waals surface area (Å²) in [6, 6.07) is -1.19. The van der Waals surface area contributed by atoms with Crippen LogP contribution < -0.4 is 0 Å². The Bertz CT molecular complexity index is 651. The lowest BCUT2D eigenvalue weighted by Crippen LogP contribution is -2.27. The van der Waals surface area contributed by atoms with Crippen molar-refractivity contribution < 1.29 is 32.0 Å². The molecule has 28 heavy (non-hydrogen) atoms. The monoisotopic (exact) mass is 481 g/mol. The molecule has 0 aliphatic carbocycles. The second-order valence-electron chi connectivity index (χ2n) is 7.47. The maximum atomic E-state index is 12.6. The quantitative estimate of drug-likeness (QED) is 0.259. The first kappa shape index (κ1) is 25.7. The largest absolute Gasteiger partial charge is 0.481 e. The average molecular weight is 483 g/mol. The van der Waals surface area contributed by atoms with E-state index in [1.807, 2.05) is 13.8 Å². The topological polar surface area (TPSA) is 110 Å². The van der Waals surface area contributed by atoms with Crippen molar-refractivity contribution in [3.05, 3.63) is 0 Å². The number of hydrogen-bond donors (Lipinski definition) is 1. The number of carbonyl (C=O) groups excluding carboxylic acids is 1. The van der Waals surface area contributed by atoms with Gasteiger partial charge in [-0.1, -0.05) is 62.5 Å². The Kier molecular flexibility index (Phi) is 9.30. The highest BCUT2D eigenvalue weighted by Crippen LogP contribution is 2.43. The summed E-state index contributed by atoms with van der Waals surface area (Å²) in [6.45, 7) is 6.80. The second kappa shape index (κ2) is 10.1. The number of hydrogen-bond acceptors (Lipinski definition) is 6. The van der Waals surface area contributed by atoms with Gasteiger partial charge < -0.3 is 9.84 Å². The smallest absolute Gasteiger partial charge is 0.339 e. The molecule has 0 radical (unpaired) electrons. The maximum Gasteiger partial charge on any atom is 0.339 e. The van der Waals surface area contributed by atoms with Crippen LogP contribution in [0.3, 0.4) is 0 Å². The fraction of sp³-hybridized carbons (Fsp3) is 0.875. The first-order chi connectivity index (χ1) is 12.7. The Morgan fingerprint density at radius 1 is 1.14 bits per heavy atom. The molecule has 1 aliphatic rings. The molecule has 1 saturated heterocycles. The lowest BCUT2D eigenvalue weighted by molar-refractivity contribution is -0.143. The van der Waals surface area contributed by atoms with Crippen molar-refractivity contribution in [2.75, 3.05) is 6.61 Å². The van der Waals surface area contributed by atoms with Crippen LogP contribution in [0.2, 0.25) is 0 Å². The van der Waals surface area contributed by atoms with Gasteiger partial charge in [0.1, 0.15) is 12.7 Å². The zero-order valence-electron chi connectivity index (χ0n) is 16.0. The molecule has 1 N–H and O–H groups in total. The number of rotatable bonds is 12. The van der Waals surface area contributed by atoms with Gasteiger partial charge in [-0.2, -0.15) is 12.7 Å². The van der Waals surface area contributed by atoms with Gasteiger partial charge in [-0.3, -0.25) is 13.8 Å². The van der Waals surface area contributed by atoms with E-state index in [-0.39, 0.29) is 24.7 Å². The number of carboxylic acids is 1. The summed E-state index contributed by atoms with van der Waals surface area (Å²) in [4.78, 5) is 22.3. The third-order valence-electron chi connectivity index (χ3n) is 4.70. The number of ether oxygens (including phenoxy) is 1. The van der Waals surface area contributed by atoms with Crippen molar-refractivity contribution in [3.63, 3.8) is 0 Å². The van der Waals surface area contributed by atoms with Crippen LogP contribution in [0.15, 0.2) is 0 Å². The molecular weight excluding hydrogens is 457 g/mol. The molecule has 5 atom stereocenters. The molecule has 1 aliphatic heterocycles. The minimum Gasteiger partial charge on any atom is -0.481 e. The van der Waals surface area contributed by atoms with Crippen LogP contribution in [0.4, 0.5) is 0 Å². The van der Waals surface area contributed by atoms with Gasteiger partial charge in [-0.15, -0.1) is 0 Å². The van der Waals surface area contributed by atoms with E-state index >= 15 is 0 Å². The number of halogens is 3. The van der Waals surface area contributed by atoms with E-state index in [0.29, 0.717) is 6.47 Å². The molecule has 1 rings (SSSR count). The summed E-state index contributed by atoms with van der Waals surface area (Å²) >= 11 is 16.7. The second-order valence-corrected chi connectivity index (χ2v) is 11.5. The van der Waals surface area contributed by atoms with Gasteiger partial charge in [-0.05, 0) is 18.3 Å². The highest BCUT2D eigenvalue weighted by atomic mass is 35.6. The molecular formula is C16H26Cl3NO7S. The summed E-state index contributed by atoms with van der Waals surface area (Å²) < 4.78 is 34.1. The normalized spacial score (nSPS) is 24.8. The molecule has 0 bridgehead atoms. The molecule has 0 aromatic rings. The lowest BCUT2D eigenvalue weighted by atomic mass is 9.89. The molecule has 1 fully saturated rings. The molecule has 12 heteroatoms. The van der Waals surface area contributed by atoms with Crippen molar-refractivity contribution in [3.8, 4) is 0 Å². The minimum absolute atomic E-state index is 0.0570. The van der Waals surface area contributed by atoms with E-state index in [9.17, 15) is 23.1 Å². The third-order valence-corrected chi connectivity index (χ3v) is 6.50. The molecule has 0 aromatic carbocycles. The van der Waals surface area contributed by atoms with Crippen molar-refractivity contribution >= 4 is 57.5 Å². The summed E-state index contributed by atoms with van der Waals surface area (Å²) in [7, 11) is -4.26. The fourth-order valence-corrected chi connectivity index (χ4v) is 4.94. The summed E-state index contributed by atoms with van der Waals surface area (Å²) in [5.41, 5.74) is 0. The standard InChI is InChI=1S/C16H26Cl3NO7S/c1-9(2)11(15(22)23)5-12-13(6-14(10(3)4)26-8-21)20(12)28(24,25)27-7-16(17,18)19/h8-14H,5-7H2,1-4H3,(H,22,23)/t11-,12?,13+,14+,20?/m1/s1. The Balaban J connectivity index is 3.03. The zero-order chi connectivity index (χ0) is 21.9. The van der Waals surface area contributed by atoms with E-state index in [1.165, 1.54) is 0 Å². The van der Waals surface area contributed by atoms with Gasteiger partial charge in [0.2, 0.25) is 3.79 Å². The molecule has 0 aromatic heterocycles. The van der Waals surface area contributed by atoms with Gasteiger partial charge in [0.15, 0.2) is 0 Å². The number of aliphatic carboxylic acids is 1. The van der Waals surface area contributed by atoms with Gasteiger partial charge in [-0.25, -0.2) is 0 Å².